The van der Waals surface area contributed by atoms with E-state index in [9.17, 15) is 5.11 Å². The molecule has 4 rings (SSSR count). The van der Waals surface area contributed by atoms with E-state index in [1.807, 2.05) is 24.3 Å². The second-order valence-electron chi connectivity index (χ2n) is 4.81. The Balaban J connectivity index is 1.88. The Morgan fingerprint density at radius 1 is 0.864 bits per heavy atom. The van der Waals surface area contributed by atoms with Gasteiger partial charge < -0.3 is 18.9 Å². The van der Waals surface area contributed by atoms with Crippen LogP contribution >= 0.6 is 0 Å². The van der Waals surface area contributed by atoms with Crippen LogP contribution in [-0.2, 0) is 0 Å². The molecule has 0 saturated heterocycles. The van der Waals surface area contributed by atoms with Crippen LogP contribution in [0.4, 0.5) is 0 Å². The van der Waals surface area contributed by atoms with Crippen molar-refractivity contribution in [2.75, 3.05) is 0 Å². The SMILES string of the molecule is Oc1ccc(-c2nc(-c3ccco3)c(-c3ccco3)[nH]2)cc1. The van der Waals surface area contributed by atoms with E-state index in [1.54, 1.807) is 36.8 Å². The van der Waals surface area contributed by atoms with Crippen molar-refractivity contribution < 1.29 is 13.9 Å². The first-order valence-corrected chi connectivity index (χ1v) is 6.78. The highest BCUT2D eigenvalue weighted by molar-refractivity contribution is 5.76. The Morgan fingerprint density at radius 2 is 1.55 bits per heavy atom. The fraction of sp³-hybridized carbons (Fsp3) is 0. The Labute approximate surface area is 125 Å². The second-order valence-corrected chi connectivity index (χ2v) is 4.81. The van der Waals surface area contributed by atoms with Gasteiger partial charge in [0.2, 0.25) is 0 Å². The molecule has 108 valence electrons. The molecule has 2 N–H and O–H groups in total. The van der Waals surface area contributed by atoms with Crippen LogP contribution in [0.2, 0.25) is 0 Å². The van der Waals surface area contributed by atoms with Gasteiger partial charge >= 0.3 is 0 Å². The highest BCUT2D eigenvalue weighted by atomic mass is 16.3. The Kier molecular flexibility index (Phi) is 2.83. The first kappa shape index (κ1) is 12.5. The molecule has 5 nitrogen and oxygen atoms in total. The van der Waals surface area contributed by atoms with E-state index in [0.717, 1.165) is 11.3 Å². The number of aromatic hydroxyl groups is 1. The maximum Gasteiger partial charge on any atom is 0.154 e. The molecule has 0 saturated carbocycles. The van der Waals surface area contributed by atoms with Crippen LogP contribution in [0.3, 0.4) is 0 Å². The summed E-state index contributed by atoms with van der Waals surface area (Å²) in [6.45, 7) is 0. The van der Waals surface area contributed by atoms with Crippen LogP contribution in [0.15, 0.2) is 69.9 Å². The topological polar surface area (TPSA) is 75.2 Å². The molecule has 0 amide bonds. The molecule has 0 aliphatic rings. The molecule has 4 aromatic rings. The number of aromatic amines is 1. The molecule has 0 atom stereocenters. The van der Waals surface area contributed by atoms with Crippen molar-refractivity contribution in [3.8, 4) is 40.0 Å². The summed E-state index contributed by atoms with van der Waals surface area (Å²) in [4.78, 5) is 7.88. The summed E-state index contributed by atoms with van der Waals surface area (Å²) >= 11 is 0. The number of imidazole rings is 1. The maximum absolute atomic E-state index is 9.40. The zero-order valence-corrected chi connectivity index (χ0v) is 11.5. The minimum atomic E-state index is 0.216. The second kappa shape index (κ2) is 4.96. The number of nitrogens with zero attached hydrogens (tertiary/aromatic N) is 1. The fourth-order valence-corrected chi connectivity index (χ4v) is 2.32. The van der Waals surface area contributed by atoms with Crippen LogP contribution in [-0.4, -0.2) is 15.1 Å². The standard InChI is InChI=1S/C17H12N2O3/c20-12-7-5-11(6-8-12)17-18-15(13-3-1-9-21-13)16(19-17)14-4-2-10-22-14/h1-10,20H,(H,18,19). The fourth-order valence-electron chi connectivity index (χ4n) is 2.32. The third-order valence-electron chi connectivity index (χ3n) is 3.37. The number of hydrogen-bond donors (Lipinski definition) is 2. The average Bonchev–Trinajstić information content (AvgIpc) is 3.27. The van der Waals surface area contributed by atoms with Gasteiger partial charge in [-0.3, -0.25) is 0 Å². The molecule has 3 aromatic heterocycles. The van der Waals surface area contributed by atoms with Gasteiger partial charge in [-0.25, -0.2) is 4.98 Å². The minimum Gasteiger partial charge on any atom is -0.508 e. The van der Waals surface area contributed by atoms with Crippen LogP contribution < -0.4 is 0 Å². The van der Waals surface area contributed by atoms with E-state index in [4.69, 9.17) is 8.83 Å². The van der Waals surface area contributed by atoms with Gasteiger partial charge in [-0.15, -0.1) is 0 Å². The molecule has 22 heavy (non-hydrogen) atoms. The molecule has 3 heterocycles. The van der Waals surface area contributed by atoms with E-state index in [2.05, 4.69) is 9.97 Å². The highest BCUT2D eigenvalue weighted by Gasteiger charge is 2.18. The quantitative estimate of drug-likeness (QED) is 0.590. The number of phenolic OH excluding ortho intramolecular Hbond substituents is 1. The summed E-state index contributed by atoms with van der Waals surface area (Å²) in [6.07, 6.45) is 3.22. The molecule has 0 bridgehead atoms. The normalized spacial score (nSPS) is 10.9. The number of hydrogen-bond acceptors (Lipinski definition) is 4. The first-order chi connectivity index (χ1) is 10.8. The summed E-state index contributed by atoms with van der Waals surface area (Å²) in [7, 11) is 0. The van der Waals surface area contributed by atoms with Gasteiger partial charge in [0.1, 0.15) is 23.0 Å². The first-order valence-electron chi connectivity index (χ1n) is 6.78. The Morgan fingerprint density at radius 3 is 2.18 bits per heavy atom. The summed E-state index contributed by atoms with van der Waals surface area (Å²) in [5, 5.41) is 9.40. The van der Waals surface area contributed by atoms with Gasteiger partial charge in [-0.2, -0.15) is 0 Å². The maximum atomic E-state index is 9.40. The number of benzene rings is 1. The van der Waals surface area contributed by atoms with Crippen molar-refractivity contribution in [3.05, 3.63) is 61.1 Å². The molecular formula is C17H12N2O3. The average molecular weight is 292 g/mol. The zero-order chi connectivity index (χ0) is 14.9. The van der Waals surface area contributed by atoms with Gasteiger partial charge in [-0.1, -0.05) is 0 Å². The van der Waals surface area contributed by atoms with E-state index >= 15 is 0 Å². The van der Waals surface area contributed by atoms with Crippen molar-refractivity contribution in [3.63, 3.8) is 0 Å². The molecular weight excluding hydrogens is 280 g/mol. The van der Waals surface area contributed by atoms with E-state index < -0.39 is 0 Å². The number of furan rings is 2. The van der Waals surface area contributed by atoms with Gasteiger partial charge in [-0.05, 0) is 48.5 Å². The third kappa shape index (κ3) is 2.09. The van der Waals surface area contributed by atoms with Crippen LogP contribution in [0.25, 0.3) is 34.3 Å². The number of rotatable bonds is 3. The van der Waals surface area contributed by atoms with Crippen molar-refractivity contribution in [1.82, 2.24) is 9.97 Å². The predicted octanol–water partition coefficient (Wildman–Crippen LogP) is 4.30. The van der Waals surface area contributed by atoms with Crippen molar-refractivity contribution in [2.45, 2.75) is 0 Å². The number of phenols is 1. The molecule has 0 unspecified atom stereocenters. The van der Waals surface area contributed by atoms with Crippen molar-refractivity contribution >= 4 is 0 Å². The van der Waals surface area contributed by atoms with E-state index in [1.165, 1.54) is 0 Å². The predicted molar refractivity (Wildman–Crippen MR) is 81.1 cm³/mol. The lowest BCUT2D eigenvalue weighted by Gasteiger charge is -1.96. The smallest absolute Gasteiger partial charge is 0.154 e. The van der Waals surface area contributed by atoms with Crippen molar-refractivity contribution in [2.24, 2.45) is 0 Å². The minimum absolute atomic E-state index is 0.216. The lowest BCUT2D eigenvalue weighted by Crippen LogP contribution is -1.79. The Hall–Kier alpha value is -3.21. The molecule has 1 aromatic carbocycles. The van der Waals surface area contributed by atoms with Gasteiger partial charge in [0.05, 0.1) is 12.5 Å². The van der Waals surface area contributed by atoms with Crippen LogP contribution in [0.1, 0.15) is 0 Å². The third-order valence-corrected chi connectivity index (χ3v) is 3.37. The highest BCUT2D eigenvalue weighted by Crippen LogP contribution is 2.33. The number of H-pyrrole nitrogens is 1. The molecule has 5 heteroatoms. The zero-order valence-electron chi connectivity index (χ0n) is 11.5. The van der Waals surface area contributed by atoms with Crippen LogP contribution in [0.5, 0.6) is 5.75 Å². The summed E-state index contributed by atoms with van der Waals surface area (Å²) < 4.78 is 10.9. The summed E-state index contributed by atoms with van der Waals surface area (Å²) in [6, 6.07) is 14.2. The summed E-state index contributed by atoms with van der Waals surface area (Å²) in [5.74, 6) is 2.24. The lowest BCUT2D eigenvalue weighted by molar-refractivity contribution is 0.475. The molecule has 0 spiro atoms. The Bertz CT molecular complexity index is 821. The molecule has 0 aliphatic carbocycles. The summed E-state index contributed by atoms with van der Waals surface area (Å²) in [5.41, 5.74) is 2.30. The number of nitrogens with one attached hydrogen (secondary N) is 1. The van der Waals surface area contributed by atoms with Crippen LogP contribution in [0, 0.1) is 0 Å². The molecule has 0 radical (unpaired) electrons. The van der Waals surface area contributed by atoms with E-state index in [0.29, 0.717) is 23.0 Å². The van der Waals surface area contributed by atoms with E-state index in [-0.39, 0.29) is 5.75 Å². The monoisotopic (exact) mass is 292 g/mol. The van der Waals surface area contributed by atoms with Crippen molar-refractivity contribution in [1.29, 1.82) is 0 Å². The largest absolute Gasteiger partial charge is 0.508 e. The number of aromatic nitrogens is 2. The van der Waals surface area contributed by atoms with Gasteiger partial charge in [0.15, 0.2) is 11.5 Å². The van der Waals surface area contributed by atoms with Gasteiger partial charge in [0.25, 0.3) is 0 Å². The van der Waals surface area contributed by atoms with Gasteiger partial charge in [0, 0.05) is 5.56 Å². The lowest BCUT2D eigenvalue weighted by atomic mass is 10.2. The molecule has 0 fully saturated rings. The molecule has 0 aliphatic heterocycles.